The maximum Gasteiger partial charge on any atom is 0.257 e. The van der Waals surface area contributed by atoms with Crippen molar-refractivity contribution in [2.45, 2.75) is 26.2 Å². The quantitative estimate of drug-likeness (QED) is 0.270. The van der Waals surface area contributed by atoms with E-state index in [1.807, 2.05) is 6.07 Å². The van der Waals surface area contributed by atoms with Crippen molar-refractivity contribution >= 4 is 44.2 Å². The largest absolute Gasteiger partial charge is 0.298 e. The molecule has 3 aromatic carbocycles. The van der Waals surface area contributed by atoms with Gasteiger partial charge in [-0.1, -0.05) is 73.2 Å². The van der Waals surface area contributed by atoms with E-state index in [1.54, 1.807) is 30.3 Å². The van der Waals surface area contributed by atoms with Crippen molar-refractivity contribution in [1.29, 1.82) is 0 Å². The van der Waals surface area contributed by atoms with Crippen LogP contribution in [0.4, 0.5) is 5.13 Å². The van der Waals surface area contributed by atoms with Crippen LogP contribution in [0, 0.1) is 0 Å². The molecule has 0 unspecified atom stereocenters. The van der Waals surface area contributed by atoms with Crippen LogP contribution in [0.2, 0.25) is 0 Å². The van der Waals surface area contributed by atoms with Crippen LogP contribution >= 0.6 is 11.3 Å². The van der Waals surface area contributed by atoms with Gasteiger partial charge in [-0.3, -0.25) is 19.7 Å². The van der Waals surface area contributed by atoms with Gasteiger partial charge in [0.1, 0.15) is 0 Å². The summed E-state index contributed by atoms with van der Waals surface area (Å²) in [7, 11) is 0. The number of hydrogen-bond acceptors (Lipinski definition) is 5. The number of nitrogens with one attached hydrogen (secondary N) is 1. The third-order valence-electron chi connectivity index (χ3n) is 5.14. The molecule has 1 aromatic heterocycles. The monoisotopic (exact) mass is 442 g/mol. The number of aryl methyl sites for hydroxylation is 1. The minimum atomic E-state index is -0.604. The Kier molecular flexibility index (Phi) is 6.52. The van der Waals surface area contributed by atoms with E-state index in [2.05, 4.69) is 29.4 Å². The van der Waals surface area contributed by atoms with Gasteiger partial charge in [-0.15, -0.1) is 0 Å². The highest BCUT2D eigenvalue weighted by Crippen LogP contribution is 2.27. The molecule has 0 aliphatic rings. The van der Waals surface area contributed by atoms with Crippen LogP contribution in [0.1, 0.15) is 56.4 Å². The molecule has 1 heterocycles. The van der Waals surface area contributed by atoms with E-state index in [4.69, 9.17) is 0 Å². The fourth-order valence-electron chi connectivity index (χ4n) is 3.35. The molecule has 0 bridgehead atoms. The minimum Gasteiger partial charge on any atom is -0.298 e. The van der Waals surface area contributed by atoms with Gasteiger partial charge in [0, 0.05) is 16.7 Å². The summed E-state index contributed by atoms with van der Waals surface area (Å²) in [5.74, 6) is -1.49. The van der Waals surface area contributed by atoms with Crippen molar-refractivity contribution in [2.75, 3.05) is 5.32 Å². The first kappa shape index (κ1) is 21.6. The standard InChI is InChI=1S/C26H22N2O3S/c1-2-3-7-17-10-15-21-22(16-17)32-26(27-21)28-25(31)20-13-11-19(12-14-20)24(30)23(29)18-8-5-4-6-9-18/h4-6,8-16H,2-3,7H2,1H3,(H,27,28,31). The molecule has 0 radical (unpaired) electrons. The predicted molar refractivity (Wildman–Crippen MR) is 128 cm³/mol. The maximum absolute atomic E-state index is 12.6. The number of fused-ring (bicyclic) bond motifs is 1. The normalized spacial score (nSPS) is 10.8. The number of ketones is 2. The summed E-state index contributed by atoms with van der Waals surface area (Å²) in [5, 5.41) is 3.35. The fraction of sp³-hybridized carbons (Fsp3) is 0.154. The van der Waals surface area contributed by atoms with Gasteiger partial charge in [-0.05, 0) is 42.7 Å². The third kappa shape index (κ3) is 4.81. The summed E-state index contributed by atoms with van der Waals surface area (Å²) in [6.07, 6.45) is 3.32. The van der Waals surface area contributed by atoms with Gasteiger partial charge in [0.2, 0.25) is 11.6 Å². The van der Waals surface area contributed by atoms with E-state index >= 15 is 0 Å². The molecule has 1 amide bonds. The Hall–Kier alpha value is -3.64. The number of aromatic nitrogens is 1. The summed E-state index contributed by atoms with van der Waals surface area (Å²) in [4.78, 5) is 41.9. The Morgan fingerprint density at radius 1 is 0.844 bits per heavy atom. The van der Waals surface area contributed by atoms with Crippen molar-refractivity contribution in [3.8, 4) is 0 Å². The lowest BCUT2D eigenvalue weighted by Gasteiger charge is -2.04. The fourth-order valence-corrected chi connectivity index (χ4v) is 4.28. The lowest BCUT2D eigenvalue weighted by Crippen LogP contribution is -2.15. The number of anilines is 1. The molecule has 0 saturated carbocycles. The molecule has 0 saturated heterocycles. The van der Waals surface area contributed by atoms with Crippen LogP contribution in [-0.2, 0) is 6.42 Å². The molecule has 1 N–H and O–H groups in total. The van der Waals surface area contributed by atoms with Crippen LogP contribution in [0.15, 0.2) is 72.8 Å². The Bertz CT molecular complexity index is 1280. The van der Waals surface area contributed by atoms with Gasteiger partial charge in [-0.2, -0.15) is 0 Å². The number of nitrogens with zero attached hydrogens (tertiary/aromatic N) is 1. The van der Waals surface area contributed by atoms with Gasteiger partial charge in [-0.25, -0.2) is 4.98 Å². The molecule has 0 aliphatic heterocycles. The second kappa shape index (κ2) is 9.66. The summed E-state index contributed by atoms with van der Waals surface area (Å²) in [6.45, 7) is 2.17. The molecule has 4 aromatic rings. The van der Waals surface area contributed by atoms with E-state index in [0.717, 1.165) is 29.5 Å². The van der Waals surface area contributed by atoms with Crippen molar-refractivity contribution in [1.82, 2.24) is 4.98 Å². The van der Waals surface area contributed by atoms with Gasteiger partial charge >= 0.3 is 0 Å². The number of carbonyl (C=O) groups excluding carboxylic acids is 3. The summed E-state index contributed by atoms with van der Waals surface area (Å²) in [5.41, 5.74) is 3.09. The van der Waals surface area contributed by atoms with Gasteiger partial charge in [0.25, 0.3) is 5.91 Å². The second-order valence-corrected chi connectivity index (χ2v) is 8.51. The molecule has 0 aliphatic carbocycles. The molecule has 5 nitrogen and oxygen atoms in total. The number of rotatable bonds is 8. The van der Waals surface area contributed by atoms with Crippen molar-refractivity contribution in [3.63, 3.8) is 0 Å². The first-order chi connectivity index (χ1) is 15.5. The topological polar surface area (TPSA) is 76.1 Å². The SMILES string of the molecule is CCCCc1ccc2nc(NC(=O)c3ccc(C(=O)C(=O)c4ccccc4)cc3)sc2c1. The highest BCUT2D eigenvalue weighted by Gasteiger charge is 2.18. The zero-order valence-electron chi connectivity index (χ0n) is 17.6. The highest BCUT2D eigenvalue weighted by molar-refractivity contribution is 7.22. The first-order valence-corrected chi connectivity index (χ1v) is 11.3. The molecule has 0 spiro atoms. The summed E-state index contributed by atoms with van der Waals surface area (Å²) in [6, 6.07) is 20.7. The Balaban J connectivity index is 1.44. The lowest BCUT2D eigenvalue weighted by molar-refractivity contribution is 0.0817. The van der Waals surface area contributed by atoms with Crippen molar-refractivity contribution < 1.29 is 14.4 Å². The number of hydrogen-bond donors (Lipinski definition) is 1. The van der Waals surface area contributed by atoms with Crippen molar-refractivity contribution in [2.24, 2.45) is 0 Å². The minimum absolute atomic E-state index is 0.245. The van der Waals surface area contributed by atoms with Crippen LogP contribution in [0.5, 0.6) is 0 Å². The average molecular weight is 443 g/mol. The van der Waals surface area contributed by atoms with E-state index in [9.17, 15) is 14.4 Å². The number of carbonyl (C=O) groups is 3. The molecule has 160 valence electrons. The Labute approximate surface area is 190 Å². The average Bonchev–Trinajstić information content (AvgIpc) is 3.23. The molecule has 6 heteroatoms. The molecule has 0 fully saturated rings. The Morgan fingerprint density at radius 3 is 2.19 bits per heavy atom. The first-order valence-electron chi connectivity index (χ1n) is 10.5. The van der Waals surface area contributed by atoms with Crippen LogP contribution < -0.4 is 5.32 Å². The van der Waals surface area contributed by atoms with E-state index < -0.39 is 11.6 Å². The number of Topliss-reactive ketones (excluding diaryl/α,β-unsaturated/α-hetero) is 2. The smallest absolute Gasteiger partial charge is 0.257 e. The van der Waals surface area contributed by atoms with Crippen LogP contribution in [-0.4, -0.2) is 22.5 Å². The Morgan fingerprint density at radius 2 is 1.50 bits per heavy atom. The van der Waals surface area contributed by atoms with Crippen molar-refractivity contribution in [3.05, 3.63) is 95.1 Å². The number of unbranched alkanes of at least 4 members (excludes halogenated alkanes) is 1. The van der Waals surface area contributed by atoms with Crippen LogP contribution in [0.25, 0.3) is 10.2 Å². The molecular formula is C26H22N2O3S. The number of amides is 1. The molecule has 32 heavy (non-hydrogen) atoms. The summed E-state index contributed by atoms with van der Waals surface area (Å²) < 4.78 is 1.04. The molecule has 4 rings (SSSR count). The third-order valence-corrected chi connectivity index (χ3v) is 6.08. The number of benzene rings is 3. The second-order valence-electron chi connectivity index (χ2n) is 7.48. The zero-order chi connectivity index (χ0) is 22.5. The highest BCUT2D eigenvalue weighted by atomic mass is 32.1. The molecule has 0 atom stereocenters. The zero-order valence-corrected chi connectivity index (χ0v) is 18.4. The molecular weight excluding hydrogens is 420 g/mol. The van der Waals surface area contributed by atoms with E-state index in [0.29, 0.717) is 16.3 Å². The van der Waals surface area contributed by atoms with E-state index in [1.165, 1.54) is 41.2 Å². The van der Waals surface area contributed by atoms with Gasteiger partial charge in [0.15, 0.2) is 5.13 Å². The van der Waals surface area contributed by atoms with E-state index in [-0.39, 0.29) is 11.5 Å². The summed E-state index contributed by atoms with van der Waals surface area (Å²) >= 11 is 1.44. The predicted octanol–water partition coefficient (Wildman–Crippen LogP) is 5.96. The lowest BCUT2D eigenvalue weighted by atomic mass is 10.0. The number of thiazole rings is 1. The maximum atomic E-state index is 12.6. The van der Waals surface area contributed by atoms with Gasteiger partial charge in [0.05, 0.1) is 10.2 Å². The van der Waals surface area contributed by atoms with Gasteiger partial charge < -0.3 is 0 Å². The van der Waals surface area contributed by atoms with Crippen LogP contribution in [0.3, 0.4) is 0 Å².